The molecule has 1 atom stereocenters. The number of ether oxygens (including phenoxy) is 1. The lowest BCUT2D eigenvalue weighted by Gasteiger charge is -2.33. The maximum Gasteiger partial charge on any atom is 0.307 e. The van der Waals surface area contributed by atoms with Gasteiger partial charge in [0, 0.05) is 24.3 Å². The SMILES string of the molecule is CCCCOC(=O)CC1C(=O)NCCN1CC(=O)Nc1cccc(C(N)=O)c1. The molecule has 4 N–H and O–H groups in total. The van der Waals surface area contributed by atoms with Crippen molar-refractivity contribution in [3.05, 3.63) is 29.8 Å². The molecule has 0 bridgehead atoms. The average Bonchev–Trinajstić information content (AvgIpc) is 2.65. The minimum atomic E-state index is -0.759. The largest absolute Gasteiger partial charge is 0.466 e. The Hall–Kier alpha value is -2.94. The Bertz CT molecular complexity index is 737. The zero-order chi connectivity index (χ0) is 20.5. The van der Waals surface area contributed by atoms with Crippen LogP contribution in [0.2, 0.25) is 0 Å². The fraction of sp³-hybridized carbons (Fsp3) is 0.474. The summed E-state index contributed by atoms with van der Waals surface area (Å²) in [6.45, 7) is 3.07. The van der Waals surface area contributed by atoms with Gasteiger partial charge in [-0.3, -0.25) is 24.1 Å². The van der Waals surface area contributed by atoms with Gasteiger partial charge in [0.25, 0.3) is 0 Å². The number of amides is 3. The van der Waals surface area contributed by atoms with Gasteiger partial charge in [-0.25, -0.2) is 0 Å². The smallest absolute Gasteiger partial charge is 0.307 e. The van der Waals surface area contributed by atoms with Crippen molar-refractivity contribution in [1.82, 2.24) is 10.2 Å². The summed E-state index contributed by atoms with van der Waals surface area (Å²) in [4.78, 5) is 49.5. The second-order valence-electron chi connectivity index (χ2n) is 6.55. The second-order valence-corrected chi connectivity index (χ2v) is 6.55. The molecule has 0 radical (unpaired) electrons. The van der Waals surface area contributed by atoms with Crippen LogP contribution >= 0.6 is 0 Å². The molecule has 1 aliphatic heterocycles. The van der Waals surface area contributed by atoms with Crippen molar-refractivity contribution in [1.29, 1.82) is 0 Å². The number of nitrogens with zero attached hydrogens (tertiary/aromatic N) is 1. The minimum Gasteiger partial charge on any atom is -0.466 e. The number of piperazine rings is 1. The van der Waals surface area contributed by atoms with Crippen molar-refractivity contribution in [3.8, 4) is 0 Å². The van der Waals surface area contributed by atoms with Crippen LogP contribution in [0.4, 0.5) is 5.69 Å². The molecule has 0 saturated carbocycles. The van der Waals surface area contributed by atoms with E-state index in [0.717, 1.165) is 12.8 Å². The zero-order valence-corrected chi connectivity index (χ0v) is 15.9. The number of nitrogens with one attached hydrogen (secondary N) is 2. The van der Waals surface area contributed by atoms with Crippen LogP contribution in [0.5, 0.6) is 0 Å². The van der Waals surface area contributed by atoms with Gasteiger partial charge in [0.2, 0.25) is 17.7 Å². The Morgan fingerprint density at radius 3 is 2.86 bits per heavy atom. The quantitative estimate of drug-likeness (QED) is 0.409. The predicted molar refractivity (Wildman–Crippen MR) is 102 cm³/mol. The summed E-state index contributed by atoms with van der Waals surface area (Å²) in [5.74, 6) is -1.72. The fourth-order valence-electron chi connectivity index (χ4n) is 2.86. The molecule has 1 aliphatic rings. The first-order valence-electron chi connectivity index (χ1n) is 9.27. The third kappa shape index (κ3) is 6.34. The predicted octanol–water partition coefficient (Wildman–Crippen LogP) is 0.258. The van der Waals surface area contributed by atoms with Crippen LogP contribution in [0.25, 0.3) is 0 Å². The number of benzene rings is 1. The molecule has 1 aromatic rings. The van der Waals surface area contributed by atoms with E-state index in [1.807, 2.05) is 6.92 Å². The number of primary amides is 1. The van der Waals surface area contributed by atoms with Gasteiger partial charge < -0.3 is 21.1 Å². The van der Waals surface area contributed by atoms with Crippen LogP contribution in [0.15, 0.2) is 24.3 Å². The second kappa shape index (κ2) is 10.4. The van der Waals surface area contributed by atoms with Gasteiger partial charge in [-0.2, -0.15) is 0 Å². The molecule has 0 aromatic heterocycles. The summed E-state index contributed by atoms with van der Waals surface area (Å²) >= 11 is 0. The average molecular weight is 390 g/mol. The van der Waals surface area contributed by atoms with E-state index >= 15 is 0 Å². The van der Waals surface area contributed by atoms with Crippen molar-refractivity contribution < 1.29 is 23.9 Å². The molecule has 28 heavy (non-hydrogen) atoms. The van der Waals surface area contributed by atoms with Crippen LogP contribution < -0.4 is 16.4 Å². The molecule has 1 aromatic carbocycles. The number of esters is 1. The third-order valence-corrected chi connectivity index (χ3v) is 4.34. The van der Waals surface area contributed by atoms with E-state index in [-0.39, 0.29) is 30.3 Å². The molecule has 1 fully saturated rings. The van der Waals surface area contributed by atoms with Gasteiger partial charge >= 0.3 is 5.97 Å². The lowest BCUT2D eigenvalue weighted by atomic mass is 10.1. The van der Waals surface area contributed by atoms with Gasteiger partial charge in [-0.15, -0.1) is 0 Å². The molecule has 152 valence electrons. The molecule has 1 heterocycles. The van der Waals surface area contributed by atoms with E-state index in [4.69, 9.17) is 10.5 Å². The first-order valence-corrected chi connectivity index (χ1v) is 9.27. The highest BCUT2D eigenvalue weighted by Crippen LogP contribution is 2.13. The van der Waals surface area contributed by atoms with E-state index in [1.54, 1.807) is 23.1 Å². The maximum absolute atomic E-state index is 12.4. The molecule has 1 unspecified atom stereocenters. The summed E-state index contributed by atoms with van der Waals surface area (Å²) in [6.07, 6.45) is 1.56. The van der Waals surface area contributed by atoms with Crippen LogP contribution in [-0.2, 0) is 19.1 Å². The lowest BCUT2D eigenvalue weighted by molar-refractivity contribution is -0.149. The highest BCUT2D eigenvalue weighted by atomic mass is 16.5. The van der Waals surface area contributed by atoms with Crippen LogP contribution in [0, 0.1) is 0 Å². The Morgan fingerprint density at radius 1 is 1.36 bits per heavy atom. The van der Waals surface area contributed by atoms with Crippen molar-refractivity contribution in [2.45, 2.75) is 32.2 Å². The van der Waals surface area contributed by atoms with Gasteiger partial charge in [0.15, 0.2) is 0 Å². The van der Waals surface area contributed by atoms with Crippen molar-refractivity contribution >= 4 is 29.4 Å². The third-order valence-electron chi connectivity index (χ3n) is 4.34. The standard InChI is InChI=1S/C19H26N4O5/c1-2-3-9-28-17(25)11-15-19(27)21-7-8-23(15)12-16(24)22-14-6-4-5-13(10-14)18(20)26/h4-6,10,15H,2-3,7-9,11-12H2,1H3,(H2,20,26)(H,21,27)(H,22,24). The molecule has 0 aliphatic carbocycles. The molecule has 9 heteroatoms. The molecule has 1 saturated heterocycles. The highest BCUT2D eigenvalue weighted by Gasteiger charge is 2.33. The number of carbonyl (C=O) groups excluding carboxylic acids is 4. The van der Waals surface area contributed by atoms with E-state index in [0.29, 0.717) is 25.4 Å². The molecule has 0 spiro atoms. The van der Waals surface area contributed by atoms with Crippen LogP contribution in [-0.4, -0.2) is 60.9 Å². The van der Waals surface area contributed by atoms with Gasteiger partial charge in [-0.1, -0.05) is 19.4 Å². The van der Waals surface area contributed by atoms with Crippen LogP contribution in [0.3, 0.4) is 0 Å². The normalized spacial score (nSPS) is 16.9. The number of anilines is 1. The van der Waals surface area contributed by atoms with E-state index in [2.05, 4.69) is 10.6 Å². The topological polar surface area (TPSA) is 131 Å². The monoisotopic (exact) mass is 390 g/mol. The maximum atomic E-state index is 12.4. The number of hydrogen-bond acceptors (Lipinski definition) is 6. The van der Waals surface area contributed by atoms with Gasteiger partial charge in [0.1, 0.15) is 6.04 Å². The molecular weight excluding hydrogens is 364 g/mol. The van der Waals surface area contributed by atoms with Gasteiger partial charge in [-0.05, 0) is 24.6 Å². The summed E-state index contributed by atoms with van der Waals surface area (Å²) < 4.78 is 5.13. The first kappa shape index (κ1) is 21.4. The van der Waals surface area contributed by atoms with Crippen molar-refractivity contribution in [2.24, 2.45) is 5.73 Å². The number of unbranched alkanes of at least 4 members (excludes halogenated alkanes) is 1. The molecular formula is C19H26N4O5. The number of carbonyl (C=O) groups is 4. The van der Waals surface area contributed by atoms with Crippen molar-refractivity contribution in [2.75, 3.05) is 31.6 Å². The lowest BCUT2D eigenvalue weighted by Crippen LogP contribution is -2.57. The zero-order valence-electron chi connectivity index (χ0n) is 15.9. The summed E-state index contributed by atoms with van der Waals surface area (Å²) in [5, 5.41) is 5.38. The van der Waals surface area contributed by atoms with E-state index < -0.39 is 17.9 Å². The Labute approximate surface area is 163 Å². The number of nitrogens with two attached hydrogens (primary N) is 1. The summed E-state index contributed by atoms with van der Waals surface area (Å²) in [7, 11) is 0. The Balaban J connectivity index is 1.96. The summed E-state index contributed by atoms with van der Waals surface area (Å²) in [5.41, 5.74) is 5.95. The number of hydrogen-bond donors (Lipinski definition) is 3. The molecule has 3 amide bonds. The molecule has 2 rings (SSSR count). The minimum absolute atomic E-state index is 0.0683. The van der Waals surface area contributed by atoms with E-state index in [9.17, 15) is 19.2 Å². The fourth-order valence-corrected chi connectivity index (χ4v) is 2.86. The Kier molecular flexibility index (Phi) is 7.94. The van der Waals surface area contributed by atoms with Gasteiger partial charge in [0.05, 0.1) is 19.6 Å². The van der Waals surface area contributed by atoms with Crippen LogP contribution in [0.1, 0.15) is 36.5 Å². The highest BCUT2D eigenvalue weighted by molar-refractivity contribution is 5.97. The molecule has 9 nitrogen and oxygen atoms in total. The number of rotatable bonds is 9. The van der Waals surface area contributed by atoms with E-state index in [1.165, 1.54) is 6.07 Å². The first-order chi connectivity index (χ1) is 13.4. The van der Waals surface area contributed by atoms with Crippen molar-refractivity contribution in [3.63, 3.8) is 0 Å². The Morgan fingerprint density at radius 2 is 2.14 bits per heavy atom. The summed E-state index contributed by atoms with van der Waals surface area (Å²) in [6, 6.07) is 5.51.